The van der Waals surface area contributed by atoms with Gasteiger partial charge in [-0.15, -0.1) is 0 Å². The van der Waals surface area contributed by atoms with Gasteiger partial charge >= 0.3 is 0 Å². The molecule has 1 saturated carbocycles. The zero-order chi connectivity index (χ0) is 27.2. The molecule has 0 spiro atoms. The Bertz CT molecular complexity index is 1270. The van der Waals surface area contributed by atoms with E-state index in [2.05, 4.69) is 9.69 Å². The van der Waals surface area contributed by atoms with E-state index >= 15 is 0 Å². The first-order chi connectivity index (χ1) is 18.3. The van der Waals surface area contributed by atoms with E-state index in [9.17, 15) is 14.4 Å². The van der Waals surface area contributed by atoms with Gasteiger partial charge < -0.3 is 26.6 Å². The van der Waals surface area contributed by atoms with Crippen LogP contribution in [0.25, 0.3) is 0 Å². The van der Waals surface area contributed by atoms with Crippen molar-refractivity contribution in [3.8, 4) is 0 Å². The Morgan fingerprint density at radius 2 is 1.68 bits per heavy atom. The number of nitrogens with two attached hydrogens (primary N) is 2. The number of anilines is 2. The number of carbonyl (C=O) groups excluding carboxylic acids is 3. The van der Waals surface area contributed by atoms with Crippen molar-refractivity contribution in [2.75, 3.05) is 24.7 Å². The molecule has 0 unspecified atom stereocenters. The molecule has 1 fully saturated rings. The van der Waals surface area contributed by atoms with Crippen molar-refractivity contribution in [1.29, 1.82) is 0 Å². The second-order valence-electron chi connectivity index (χ2n) is 9.79. The second-order valence-corrected chi connectivity index (χ2v) is 10.6. The minimum Gasteiger partial charge on any atom is -0.395 e. The van der Waals surface area contributed by atoms with E-state index in [1.165, 1.54) is 4.90 Å². The molecule has 0 saturated heterocycles. The van der Waals surface area contributed by atoms with Crippen LogP contribution in [-0.2, 0) is 11.3 Å². The van der Waals surface area contributed by atoms with Crippen molar-refractivity contribution >= 4 is 40.6 Å². The van der Waals surface area contributed by atoms with Gasteiger partial charge in [0.2, 0.25) is 5.91 Å². The first-order valence-corrected chi connectivity index (χ1v) is 13.5. The standard InChI is InChI=1S/C28H34N6O3S/c1-33(2)21-15-13-19(14-16-21)24(27(36)31-20-11-7-4-8-12-20)34(17-18-9-5-3-6-10-18)28(37)25-22(29)23(26(30)35)32-38-25/h3,5-6,9-10,13-16,20,24H,4,7-8,11-12,17,29H2,1-2H3,(H2,30,35)(H,31,36)/t24-/m1/s1. The summed E-state index contributed by atoms with van der Waals surface area (Å²) in [7, 11) is 3.88. The molecule has 3 aromatic rings. The van der Waals surface area contributed by atoms with Crippen LogP contribution in [0, 0.1) is 0 Å². The number of benzene rings is 2. The highest BCUT2D eigenvalue weighted by Gasteiger charge is 2.36. The Hall–Kier alpha value is -3.92. The third-order valence-electron chi connectivity index (χ3n) is 6.85. The molecule has 1 atom stereocenters. The number of rotatable bonds is 9. The summed E-state index contributed by atoms with van der Waals surface area (Å²) < 4.78 is 4.02. The zero-order valence-corrected chi connectivity index (χ0v) is 22.5. The number of aromatic nitrogens is 1. The molecule has 38 heavy (non-hydrogen) atoms. The van der Waals surface area contributed by atoms with Crippen LogP contribution in [0.3, 0.4) is 0 Å². The average Bonchev–Trinajstić information content (AvgIpc) is 3.31. The van der Waals surface area contributed by atoms with Gasteiger partial charge in [0.05, 0.1) is 5.69 Å². The molecule has 1 aliphatic carbocycles. The normalized spacial score (nSPS) is 14.5. The highest BCUT2D eigenvalue weighted by atomic mass is 32.1. The predicted molar refractivity (Wildman–Crippen MR) is 150 cm³/mol. The number of primary amides is 1. The lowest BCUT2D eigenvalue weighted by atomic mass is 9.94. The van der Waals surface area contributed by atoms with E-state index in [0.29, 0.717) is 5.56 Å². The third kappa shape index (κ3) is 6.13. The van der Waals surface area contributed by atoms with E-state index in [1.807, 2.05) is 73.6 Å². The van der Waals surface area contributed by atoms with E-state index < -0.39 is 17.9 Å². The zero-order valence-electron chi connectivity index (χ0n) is 21.7. The molecule has 0 bridgehead atoms. The maximum atomic E-state index is 14.1. The Labute approximate surface area is 227 Å². The van der Waals surface area contributed by atoms with Gasteiger partial charge in [-0.1, -0.05) is 61.7 Å². The van der Waals surface area contributed by atoms with Gasteiger partial charge in [-0.2, -0.15) is 4.37 Å². The van der Waals surface area contributed by atoms with Crippen LogP contribution < -0.4 is 21.7 Å². The SMILES string of the molecule is CN(C)c1ccc([C@H](C(=O)NC2CCCCC2)N(Cc2ccccc2)C(=O)c2snc(C(N)=O)c2N)cc1. The van der Waals surface area contributed by atoms with Gasteiger partial charge in [-0.05, 0) is 47.6 Å². The highest BCUT2D eigenvalue weighted by Crippen LogP contribution is 2.31. The van der Waals surface area contributed by atoms with Crippen LogP contribution in [0.1, 0.15) is 69.4 Å². The molecule has 1 heterocycles. The molecule has 2 aromatic carbocycles. The molecular weight excluding hydrogens is 500 g/mol. The van der Waals surface area contributed by atoms with Crippen LogP contribution in [0.5, 0.6) is 0 Å². The van der Waals surface area contributed by atoms with Gasteiger partial charge in [0.25, 0.3) is 11.8 Å². The summed E-state index contributed by atoms with van der Waals surface area (Å²) in [4.78, 5) is 43.4. The Balaban J connectivity index is 1.78. The first kappa shape index (κ1) is 27.1. The third-order valence-corrected chi connectivity index (χ3v) is 7.70. The summed E-state index contributed by atoms with van der Waals surface area (Å²) >= 11 is 0.812. The van der Waals surface area contributed by atoms with Crippen LogP contribution in [0.4, 0.5) is 11.4 Å². The van der Waals surface area contributed by atoms with Crippen LogP contribution in [-0.4, -0.2) is 47.1 Å². The number of hydrogen-bond donors (Lipinski definition) is 3. The minimum absolute atomic E-state index is 0.0587. The number of nitrogen functional groups attached to an aromatic ring is 1. The van der Waals surface area contributed by atoms with Crippen molar-refractivity contribution in [3.63, 3.8) is 0 Å². The van der Waals surface area contributed by atoms with Gasteiger partial charge in [0.1, 0.15) is 10.9 Å². The van der Waals surface area contributed by atoms with Gasteiger partial charge in [-0.3, -0.25) is 14.4 Å². The lowest BCUT2D eigenvalue weighted by Crippen LogP contribution is -2.46. The van der Waals surface area contributed by atoms with E-state index in [0.717, 1.165) is 54.9 Å². The summed E-state index contributed by atoms with van der Waals surface area (Å²) in [6.07, 6.45) is 5.11. The van der Waals surface area contributed by atoms with Crippen molar-refractivity contribution in [2.24, 2.45) is 5.73 Å². The topological polar surface area (TPSA) is 135 Å². The van der Waals surface area contributed by atoms with Gasteiger partial charge in [-0.25, -0.2) is 0 Å². The van der Waals surface area contributed by atoms with Crippen molar-refractivity contribution in [2.45, 2.75) is 50.7 Å². The molecule has 0 aliphatic heterocycles. The van der Waals surface area contributed by atoms with E-state index in [4.69, 9.17) is 11.5 Å². The molecule has 200 valence electrons. The predicted octanol–water partition coefficient (Wildman–Crippen LogP) is 3.72. The van der Waals surface area contributed by atoms with Crippen molar-refractivity contribution < 1.29 is 14.4 Å². The summed E-state index contributed by atoms with van der Waals surface area (Å²) in [5, 5.41) is 3.20. The molecule has 5 N–H and O–H groups in total. The van der Waals surface area contributed by atoms with Crippen molar-refractivity contribution in [1.82, 2.24) is 14.6 Å². The summed E-state index contributed by atoms with van der Waals surface area (Å²) in [6, 6.07) is 16.2. The molecule has 9 nitrogen and oxygen atoms in total. The number of carbonyl (C=O) groups is 3. The molecule has 0 radical (unpaired) electrons. The van der Waals surface area contributed by atoms with Crippen LogP contribution >= 0.6 is 11.5 Å². The lowest BCUT2D eigenvalue weighted by Gasteiger charge is -2.33. The van der Waals surface area contributed by atoms with Crippen molar-refractivity contribution in [3.05, 3.63) is 76.3 Å². The maximum Gasteiger partial charge on any atom is 0.270 e. The smallest absolute Gasteiger partial charge is 0.270 e. The molecule has 10 heteroatoms. The molecule has 1 aliphatic rings. The quantitative estimate of drug-likeness (QED) is 0.383. The lowest BCUT2D eigenvalue weighted by molar-refractivity contribution is -0.127. The average molecular weight is 535 g/mol. The highest BCUT2D eigenvalue weighted by molar-refractivity contribution is 7.09. The van der Waals surface area contributed by atoms with Gasteiger partial charge in [0.15, 0.2) is 5.69 Å². The Kier molecular flexibility index (Phi) is 8.62. The number of nitrogens with one attached hydrogen (secondary N) is 1. The maximum absolute atomic E-state index is 14.1. The Morgan fingerprint density at radius 1 is 1.03 bits per heavy atom. The first-order valence-electron chi connectivity index (χ1n) is 12.7. The molecular formula is C28H34N6O3S. The molecule has 1 aromatic heterocycles. The largest absolute Gasteiger partial charge is 0.395 e. The van der Waals surface area contributed by atoms with Gasteiger partial charge in [0, 0.05) is 32.4 Å². The molecule has 3 amide bonds. The number of hydrogen-bond acceptors (Lipinski definition) is 7. The summed E-state index contributed by atoms with van der Waals surface area (Å²) in [5.74, 6) is -1.55. The number of amides is 3. The second kappa shape index (κ2) is 12.1. The van der Waals surface area contributed by atoms with E-state index in [1.54, 1.807) is 0 Å². The Morgan fingerprint density at radius 3 is 2.26 bits per heavy atom. The fraction of sp³-hybridized carbons (Fsp3) is 0.357. The number of nitrogens with zero attached hydrogens (tertiary/aromatic N) is 3. The van der Waals surface area contributed by atoms with Crippen LogP contribution in [0.2, 0.25) is 0 Å². The fourth-order valence-electron chi connectivity index (χ4n) is 4.77. The summed E-state index contributed by atoms with van der Waals surface area (Å²) in [6.45, 7) is 0.154. The fourth-order valence-corrected chi connectivity index (χ4v) is 5.54. The monoisotopic (exact) mass is 534 g/mol. The van der Waals surface area contributed by atoms with E-state index in [-0.39, 0.29) is 34.8 Å². The summed E-state index contributed by atoms with van der Waals surface area (Å²) in [5.41, 5.74) is 13.8. The minimum atomic E-state index is -0.931. The van der Waals surface area contributed by atoms with Crippen LogP contribution in [0.15, 0.2) is 54.6 Å². The molecule has 4 rings (SSSR count).